The molecule has 2 aliphatic heterocycles. The lowest BCUT2D eigenvalue weighted by Crippen LogP contribution is -2.57. The van der Waals surface area contributed by atoms with E-state index in [1.165, 1.54) is 0 Å². The van der Waals surface area contributed by atoms with Gasteiger partial charge in [-0.1, -0.05) is 0 Å². The van der Waals surface area contributed by atoms with Gasteiger partial charge in [0.25, 0.3) is 0 Å². The maximum absolute atomic E-state index is 12.6. The third kappa shape index (κ3) is 7.71. The number of carbonyl (C=O) groups excluding carboxylic acids is 1. The topological polar surface area (TPSA) is 160 Å². The Kier molecular flexibility index (Phi) is 9.78. The standard InChI is InChI=1S/C27H42N8O6/c1-27(2,3)41-26(37)35-9-8-34(15-19(35)16-36)21-13-31-25(11-23(21)39-5)32-40-17-18-14-33(7-6-29-18)20-12-30-24(28)10-22(20)38-4/h10-13,18-19,29,36H,6-9,14-17H2,1-5H3,(H2,28,30)(H,31,32)/t18-,19-/m1/s1. The maximum atomic E-state index is 12.6. The fourth-order valence-corrected chi connectivity index (χ4v) is 4.90. The number of aromatic nitrogens is 2. The van der Waals surface area contributed by atoms with Gasteiger partial charge in [-0.15, -0.1) is 0 Å². The van der Waals surface area contributed by atoms with Crippen molar-refractivity contribution in [3.63, 3.8) is 0 Å². The normalized spacial score (nSPS) is 19.6. The van der Waals surface area contributed by atoms with Crippen LogP contribution < -0.4 is 35.8 Å². The lowest BCUT2D eigenvalue weighted by Gasteiger charge is -2.42. The van der Waals surface area contributed by atoms with Gasteiger partial charge in [-0.05, 0) is 20.8 Å². The zero-order chi connectivity index (χ0) is 29.6. The minimum Gasteiger partial charge on any atom is -0.494 e. The van der Waals surface area contributed by atoms with Gasteiger partial charge in [-0.25, -0.2) is 20.2 Å². The first-order valence-corrected chi connectivity index (χ1v) is 13.7. The molecular weight excluding hydrogens is 532 g/mol. The second-order valence-corrected chi connectivity index (χ2v) is 11.0. The number of hydrogen-bond donors (Lipinski definition) is 4. The largest absolute Gasteiger partial charge is 0.494 e. The van der Waals surface area contributed by atoms with E-state index in [1.807, 2.05) is 25.7 Å². The van der Waals surface area contributed by atoms with Crippen molar-refractivity contribution in [3.8, 4) is 11.5 Å². The van der Waals surface area contributed by atoms with E-state index >= 15 is 0 Å². The van der Waals surface area contributed by atoms with Gasteiger partial charge in [-0.3, -0.25) is 9.74 Å². The number of ether oxygens (including phenoxy) is 3. The van der Waals surface area contributed by atoms with Gasteiger partial charge in [0.2, 0.25) is 0 Å². The summed E-state index contributed by atoms with van der Waals surface area (Å²) in [5.74, 6) is 2.19. The zero-order valence-corrected chi connectivity index (χ0v) is 24.4. The van der Waals surface area contributed by atoms with Crippen molar-refractivity contribution in [1.29, 1.82) is 0 Å². The number of carbonyl (C=O) groups is 1. The van der Waals surface area contributed by atoms with Crippen LogP contribution in [-0.2, 0) is 9.57 Å². The summed E-state index contributed by atoms with van der Waals surface area (Å²) in [6.07, 6.45) is 2.99. The van der Waals surface area contributed by atoms with E-state index in [1.54, 1.807) is 43.6 Å². The molecule has 0 saturated carbocycles. The number of aliphatic hydroxyl groups is 1. The SMILES string of the molecule is COc1cc(N)ncc1N1CCN[C@@H](CONc2cc(OC)c(N3CCN(C(=O)OC(C)(C)C)[C@@H](CO)C3)cn2)C1. The van der Waals surface area contributed by atoms with Crippen molar-refractivity contribution in [3.05, 3.63) is 24.5 Å². The second-order valence-electron chi connectivity index (χ2n) is 11.0. The number of rotatable bonds is 9. The molecule has 14 heteroatoms. The van der Waals surface area contributed by atoms with Gasteiger partial charge in [-0.2, -0.15) is 0 Å². The highest BCUT2D eigenvalue weighted by atomic mass is 16.6. The van der Waals surface area contributed by atoms with Gasteiger partial charge in [0, 0.05) is 51.4 Å². The monoisotopic (exact) mass is 574 g/mol. The predicted octanol–water partition coefficient (Wildman–Crippen LogP) is 1.32. The van der Waals surface area contributed by atoms with Crippen LogP contribution in [0, 0.1) is 0 Å². The summed E-state index contributed by atoms with van der Waals surface area (Å²) >= 11 is 0. The molecule has 0 aromatic carbocycles. The number of nitrogens with one attached hydrogen (secondary N) is 2. The van der Waals surface area contributed by atoms with Crippen LogP contribution in [0.1, 0.15) is 20.8 Å². The third-order valence-corrected chi connectivity index (χ3v) is 6.87. The van der Waals surface area contributed by atoms with Crippen LogP contribution in [0.4, 0.5) is 27.8 Å². The molecule has 4 heterocycles. The lowest BCUT2D eigenvalue weighted by atomic mass is 10.1. The molecule has 2 aromatic rings. The van der Waals surface area contributed by atoms with E-state index in [9.17, 15) is 9.90 Å². The Balaban J connectivity index is 1.33. The Morgan fingerprint density at radius 3 is 2.44 bits per heavy atom. The van der Waals surface area contributed by atoms with Crippen LogP contribution in [0.2, 0.25) is 0 Å². The molecule has 0 bridgehead atoms. The number of nitrogens with two attached hydrogens (primary N) is 1. The maximum Gasteiger partial charge on any atom is 0.410 e. The van der Waals surface area contributed by atoms with Crippen molar-refractivity contribution >= 4 is 29.1 Å². The number of amides is 1. The van der Waals surface area contributed by atoms with Crippen LogP contribution >= 0.6 is 0 Å². The summed E-state index contributed by atoms with van der Waals surface area (Å²) in [6.45, 7) is 9.28. The highest BCUT2D eigenvalue weighted by Gasteiger charge is 2.34. The van der Waals surface area contributed by atoms with Gasteiger partial charge in [0.1, 0.15) is 22.9 Å². The molecule has 2 saturated heterocycles. The first kappa shape index (κ1) is 30.2. The molecule has 226 valence electrons. The molecule has 2 aliphatic rings. The number of aliphatic hydroxyl groups excluding tert-OH is 1. The number of nitrogens with zero attached hydrogens (tertiary/aromatic N) is 5. The van der Waals surface area contributed by atoms with E-state index < -0.39 is 17.7 Å². The predicted molar refractivity (Wildman–Crippen MR) is 156 cm³/mol. The van der Waals surface area contributed by atoms with Crippen LogP contribution in [0.25, 0.3) is 0 Å². The number of nitrogen functional groups attached to an aromatic ring is 1. The van der Waals surface area contributed by atoms with E-state index in [4.69, 9.17) is 24.8 Å². The molecule has 5 N–H and O–H groups in total. The van der Waals surface area contributed by atoms with Crippen molar-refractivity contribution in [2.75, 3.05) is 87.7 Å². The summed E-state index contributed by atoms with van der Waals surface area (Å²) in [7, 11) is 3.21. The highest BCUT2D eigenvalue weighted by molar-refractivity contribution is 5.70. The van der Waals surface area contributed by atoms with Gasteiger partial charge in [0.15, 0.2) is 5.82 Å². The summed E-state index contributed by atoms with van der Waals surface area (Å²) in [5.41, 5.74) is 9.75. The number of hydrogen-bond acceptors (Lipinski definition) is 13. The average molecular weight is 575 g/mol. The quantitative estimate of drug-likeness (QED) is 0.318. The van der Waals surface area contributed by atoms with Crippen molar-refractivity contribution < 1.29 is 28.9 Å². The van der Waals surface area contributed by atoms with Crippen LogP contribution in [0.3, 0.4) is 0 Å². The van der Waals surface area contributed by atoms with Gasteiger partial charge in [0.05, 0.1) is 63.3 Å². The summed E-state index contributed by atoms with van der Waals surface area (Å²) < 4.78 is 16.6. The molecule has 0 spiro atoms. The number of methoxy groups -OCH3 is 2. The molecular formula is C27H42N8O6. The summed E-state index contributed by atoms with van der Waals surface area (Å²) in [6, 6.07) is 3.11. The number of anilines is 4. The van der Waals surface area contributed by atoms with Crippen molar-refractivity contribution in [2.45, 2.75) is 38.5 Å². The average Bonchev–Trinajstić information content (AvgIpc) is 2.95. The molecule has 2 aromatic heterocycles. The summed E-state index contributed by atoms with van der Waals surface area (Å²) in [5, 5.41) is 13.5. The molecule has 0 unspecified atom stereocenters. The number of pyridine rings is 2. The van der Waals surface area contributed by atoms with E-state index in [0.29, 0.717) is 55.9 Å². The molecule has 4 rings (SSSR count). The van der Waals surface area contributed by atoms with E-state index in [-0.39, 0.29) is 12.6 Å². The molecule has 41 heavy (non-hydrogen) atoms. The Labute approximate surface area is 240 Å². The Hall–Kier alpha value is -3.75. The Morgan fingerprint density at radius 2 is 1.76 bits per heavy atom. The molecule has 2 atom stereocenters. The molecule has 0 aliphatic carbocycles. The lowest BCUT2D eigenvalue weighted by molar-refractivity contribution is 0.00702. The van der Waals surface area contributed by atoms with Crippen molar-refractivity contribution in [1.82, 2.24) is 20.2 Å². The summed E-state index contributed by atoms with van der Waals surface area (Å²) in [4.78, 5) is 32.9. The van der Waals surface area contributed by atoms with Gasteiger partial charge < -0.3 is 40.2 Å². The Bertz CT molecular complexity index is 1180. The van der Waals surface area contributed by atoms with E-state index in [2.05, 4.69) is 25.7 Å². The molecule has 1 amide bonds. The van der Waals surface area contributed by atoms with Crippen LogP contribution in [0.5, 0.6) is 11.5 Å². The number of piperazine rings is 2. The molecule has 14 nitrogen and oxygen atoms in total. The minimum atomic E-state index is -0.610. The first-order chi connectivity index (χ1) is 19.6. The van der Waals surface area contributed by atoms with Crippen molar-refractivity contribution in [2.24, 2.45) is 0 Å². The van der Waals surface area contributed by atoms with Crippen LogP contribution in [-0.4, -0.2) is 110 Å². The fraction of sp³-hybridized carbons (Fsp3) is 0.593. The van der Waals surface area contributed by atoms with E-state index in [0.717, 1.165) is 24.5 Å². The zero-order valence-electron chi connectivity index (χ0n) is 24.4. The van der Waals surface area contributed by atoms with Gasteiger partial charge >= 0.3 is 6.09 Å². The third-order valence-electron chi connectivity index (χ3n) is 6.87. The molecule has 0 radical (unpaired) electrons. The smallest absolute Gasteiger partial charge is 0.410 e. The first-order valence-electron chi connectivity index (χ1n) is 13.7. The molecule has 2 fully saturated rings. The Morgan fingerprint density at radius 1 is 1.07 bits per heavy atom. The minimum absolute atomic E-state index is 0.0522. The second kappa shape index (κ2) is 13.3. The highest BCUT2D eigenvalue weighted by Crippen LogP contribution is 2.32. The van der Waals surface area contributed by atoms with Crippen LogP contribution in [0.15, 0.2) is 24.5 Å². The fourth-order valence-electron chi connectivity index (χ4n) is 4.90.